The van der Waals surface area contributed by atoms with Crippen LogP contribution in [0.3, 0.4) is 0 Å². The molecule has 178 valence electrons. The van der Waals surface area contributed by atoms with Crippen molar-refractivity contribution in [3.63, 3.8) is 0 Å². The van der Waals surface area contributed by atoms with Crippen LogP contribution >= 0.6 is 0 Å². The van der Waals surface area contributed by atoms with E-state index in [0.717, 1.165) is 29.9 Å². The molecule has 0 saturated heterocycles. The number of hydrogen-bond donors (Lipinski definition) is 1. The minimum Gasteiger partial charge on any atom is -0.486 e. The molecule has 1 aromatic carbocycles. The maximum atomic E-state index is 13.1. The van der Waals surface area contributed by atoms with Gasteiger partial charge < -0.3 is 14.5 Å². The largest absolute Gasteiger partial charge is 0.486 e. The molecule has 1 N–H and O–H groups in total. The van der Waals surface area contributed by atoms with Crippen molar-refractivity contribution in [1.29, 1.82) is 0 Å². The van der Waals surface area contributed by atoms with Crippen molar-refractivity contribution in [3.05, 3.63) is 53.5 Å². The fraction of sp³-hybridized carbons (Fsp3) is 0.621. The fourth-order valence-electron chi connectivity index (χ4n) is 7.31. The number of benzene rings is 1. The van der Waals surface area contributed by atoms with Gasteiger partial charge in [-0.05, 0) is 103 Å². The van der Waals surface area contributed by atoms with Gasteiger partial charge in [0.2, 0.25) is 0 Å². The van der Waals surface area contributed by atoms with E-state index in [1.807, 2.05) is 18.2 Å². The van der Waals surface area contributed by atoms with Gasteiger partial charge in [0, 0.05) is 6.04 Å². The first-order valence-electron chi connectivity index (χ1n) is 12.9. The zero-order chi connectivity index (χ0) is 23.2. The summed E-state index contributed by atoms with van der Waals surface area (Å²) >= 11 is 0. The molecule has 4 saturated carbocycles. The van der Waals surface area contributed by atoms with E-state index in [-0.39, 0.29) is 17.4 Å². The molecule has 0 spiro atoms. The van der Waals surface area contributed by atoms with Crippen LogP contribution in [0.2, 0.25) is 0 Å². The van der Waals surface area contributed by atoms with Crippen molar-refractivity contribution in [3.8, 4) is 5.75 Å². The number of carbonyl (C=O) groups is 1. The lowest BCUT2D eigenvalue weighted by Gasteiger charge is -2.59. The van der Waals surface area contributed by atoms with Crippen LogP contribution in [0.5, 0.6) is 5.75 Å². The van der Waals surface area contributed by atoms with Crippen LogP contribution in [-0.2, 0) is 12.0 Å². The summed E-state index contributed by atoms with van der Waals surface area (Å²) < 4.78 is 11.8. The van der Waals surface area contributed by atoms with Gasteiger partial charge in [-0.3, -0.25) is 4.79 Å². The molecule has 4 aliphatic carbocycles. The molecule has 4 nitrogen and oxygen atoms in total. The topological polar surface area (TPSA) is 51.5 Å². The molecule has 4 aliphatic rings. The molecule has 1 amide bonds. The van der Waals surface area contributed by atoms with Gasteiger partial charge in [0.15, 0.2) is 5.76 Å². The Morgan fingerprint density at radius 3 is 2.18 bits per heavy atom. The lowest BCUT2D eigenvalue weighted by molar-refractivity contribution is -0.0728. The normalized spacial score (nSPS) is 29.2. The molecule has 1 unspecified atom stereocenters. The van der Waals surface area contributed by atoms with Crippen LogP contribution in [-0.4, -0.2) is 11.9 Å². The lowest BCUT2D eigenvalue weighted by atomic mass is 9.47. The van der Waals surface area contributed by atoms with Gasteiger partial charge in [0.05, 0.1) is 0 Å². The average Bonchev–Trinajstić information content (AvgIpc) is 3.24. The summed E-state index contributed by atoms with van der Waals surface area (Å²) in [6, 6.07) is 12.1. The monoisotopic (exact) mass is 449 g/mol. The van der Waals surface area contributed by atoms with E-state index in [1.54, 1.807) is 6.07 Å². The Morgan fingerprint density at radius 2 is 1.64 bits per heavy atom. The highest BCUT2D eigenvalue weighted by atomic mass is 16.5. The highest BCUT2D eigenvalue weighted by Gasteiger charge is 2.54. The smallest absolute Gasteiger partial charge is 0.287 e. The number of amides is 1. The van der Waals surface area contributed by atoms with E-state index in [2.05, 4.69) is 45.1 Å². The van der Waals surface area contributed by atoms with E-state index in [4.69, 9.17) is 9.15 Å². The summed E-state index contributed by atoms with van der Waals surface area (Å²) in [6.07, 6.45) is 9.13. The molecule has 4 fully saturated rings. The van der Waals surface area contributed by atoms with Gasteiger partial charge in [0.1, 0.15) is 18.1 Å². The lowest BCUT2D eigenvalue weighted by Crippen LogP contribution is -2.56. The third-order valence-electron chi connectivity index (χ3n) is 8.53. The zero-order valence-corrected chi connectivity index (χ0v) is 20.7. The van der Waals surface area contributed by atoms with E-state index in [9.17, 15) is 4.79 Å². The van der Waals surface area contributed by atoms with Crippen molar-refractivity contribution in [2.24, 2.45) is 23.2 Å². The molecule has 1 heterocycles. The minimum atomic E-state index is -0.0848. The van der Waals surface area contributed by atoms with Crippen LogP contribution in [0.4, 0.5) is 0 Å². The number of hydrogen-bond acceptors (Lipinski definition) is 3. The molecule has 0 aliphatic heterocycles. The Balaban J connectivity index is 1.19. The number of nitrogens with one attached hydrogen (secondary N) is 1. The molecule has 1 atom stereocenters. The molecular weight excluding hydrogens is 410 g/mol. The molecule has 33 heavy (non-hydrogen) atoms. The number of furan rings is 1. The Morgan fingerprint density at radius 1 is 1.03 bits per heavy atom. The maximum Gasteiger partial charge on any atom is 0.287 e. The number of ether oxygens (including phenoxy) is 1. The molecular formula is C29H39NO3. The Bertz CT molecular complexity index is 946. The Labute approximate surface area is 198 Å². The first kappa shape index (κ1) is 22.6. The van der Waals surface area contributed by atoms with Crippen molar-refractivity contribution >= 4 is 5.91 Å². The third-order valence-corrected chi connectivity index (χ3v) is 8.53. The minimum absolute atomic E-state index is 0.0848. The predicted octanol–water partition coefficient (Wildman–Crippen LogP) is 6.88. The van der Waals surface area contributed by atoms with Gasteiger partial charge >= 0.3 is 0 Å². The molecule has 6 rings (SSSR count). The highest BCUT2D eigenvalue weighted by Crippen LogP contribution is 2.61. The van der Waals surface area contributed by atoms with Crippen LogP contribution in [0.1, 0.15) is 94.5 Å². The van der Waals surface area contributed by atoms with E-state index in [1.165, 1.54) is 44.1 Å². The van der Waals surface area contributed by atoms with E-state index >= 15 is 0 Å². The quantitative estimate of drug-likeness (QED) is 0.501. The maximum absolute atomic E-state index is 13.1. The van der Waals surface area contributed by atoms with E-state index in [0.29, 0.717) is 23.5 Å². The van der Waals surface area contributed by atoms with Crippen molar-refractivity contribution in [2.45, 2.75) is 90.7 Å². The molecule has 4 bridgehead atoms. The summed E-state index contributed by atoms with van der Waals surface area (Å²) in [6.45, 7) is 9.13. The van der Waals surface area contributed by atoms with Crippen LogP contribution in [0.15, 0.2) is 40.8 Å². The molecule has 4 heteroatoms. The summed E-state index contributed by atoms with van der Waals surface area (Å²) in [7, 11) is 0. The molecule has 2 aromatic rings. The molecule has 1 aromatic heterocycles. The van der Waals surface area contributed by atoms with Crippen molar-refractivity contribution in [2.75, 3.05) is 0 Å². The Kier molecular flexibility index (Phi) is 5.83. The van der Waals surface area contributed by atoms with Gasteiger partial charge in [0.25, 0.3) is 5.91 Å². The second kappa shape index (κ2) is 8.52. The van der Waals surface area contributed by atoms with Gasteiger partial charge in [-0.1, -0.05) is 39.8 Å². The summed E-state index contributed by atoms with van der Waals surface area (Å²) in [5, 5.41) is 3.37. The van der Waals surface area contributed by atoms with E-state index < -0.39 is 0 Å². The first-order valence-corrected chi connectivity index (χ1v) is 12.9. The SMILES string of the molecule is CCC(NC(=O)c1ccc(COc2ccc(C(C)(C)C)cc2)o1)C12CC3CC(CC(C3)C1)C2. The number of rotatable bonds is 7. The van der Waals surface area contributed by atoms with Crippen molar-refractivity contribution in [1.82, 2.24) is 5.32 Å². The highest BCUT2D eigenvalue weighted by molar-refractivity contribution is 5.91. The molecule has 0 radical (unpaired) electrons. The third kappa shape index (κ3) is 4.58. The summed E-state index contributed by atoms with van der Waals surface area (Å²) in [4.78, 5) is 13.1. The van der Waals surface area contributed by atoms with Gasteiger partial charge in [-0.15, -0.1) is 0 Å². The fourth-order valence-corrected chi connectivity index (χ4v) is 7.31. The summed E-state index contributed by atoms with van der Waals surface area (Å²) in [5.41, 5.74) is 1.70. The predicted molar refractivity (Wildman–Crippen MR) is 130 cm³/mol. The summed E-state index contributed by atoms with van der Waals surface area (Å²) in [5.74, 6) is 4.42. The average molecular weight is 450 g/mol. The standard InChI is InChI=1S/C29H39NO3/c1-5-26(29-15-19-12-20(16-29)14-21(13-19)17-29)30-27(31)25-11-10-24(33-25)18-32-23-8-6-22(7-9-23)28(2,3)4/h6-11,19-21,26H,5,12-18H2,1-4H3,(H,30,31). The Hall–Kier alpha value is -2.23. The van der Waals surface area contributed by atoms with Crippen LogP contribution in [0, 0.1) is 23.2 Å². The van der Waals surface area contributed by atoms with Crippen molar-refractivity contribution < 1.29 is 13.9 Å². The second-order valence-corrected chi connectivity index (χ2v) is 12.0. The zero-order valence-electron chi connectivity index (χ0n) is 20.7. The number of carbonyl (C=O) groups excluding carboxylic acids is 1. The van der Waals surface area contributed by atoms with Gasteiger partial charge in [-0.2, -0.15) is 0 Å². The first-order chi connectivity index (χ1) is 15.7. The second-order valence-electron chi connectivity index (χ2n) is 12.0. The van der Waals surface area contributed by atoms with Crippen LogP contribution in [0.25, 0.3) is 0 Å². The van der Waals surface area contributed by atoms with Gasteiger partial charge in [-0.25, -0.2) is 0 Å². The van der Waals surface area contributed by atoms with Crippen LogP contribution < -0.4 is 10.1 Å².